The smallest absolute Gasteiger partial charge is 0.0972 e. The summed E-state index contributed by atoms with van der Waals surface area (Å²) in [5.41, 5.74) is 10.4. The van der Waals surface area contributed by atoms with E-state index in [1.165, 1.54) is 33.2 Å². The molecular weight excluding hydrogens is 364 g/mol. The standard InChI is InChI=1S/C28H22N2/c1-17-26(30-27-19-10-5-4-9-18(19)15-16-24(27)29-17)21-12-8-14-23-25(21)20-11-6-7-13-22(20)28(23,2)3/h4-16H,1-3H3. The normalized spacial score (nSPS) is 14.1. The molecule has 144 valence electrons. The van der Waals surface area contributed by atoms with Crippen molar-refractivity contribution in [1.82, 2.24) is 9.97 Å². The summed E-state index contributed by atoms with van der Waals surface area (Å²) >= 11 is 0. The average Bonchev–Trinajstić information content (AvgIpc) is 3.01. The van der Waals surface area contributed by atoms with Gasteiger partial charge in [-0.05, 0) is 40.6 Å². The van der Waals surface area contributed by atoms with Crippen LogP contribution in [0.5, 0.6) is 0 Å². The van der Waals surface area contributed by atoms with Crippen LogP contribution in [0.25, 0.3) is 44.2 Å². The first-order valence-corrected chi connectivity index (χ1v) is 10.5. The van der Waals surface area contributed by atoms with Gasteiger partial charge in [0.15, 0.2) is 0 Å². The molecule has 0 fully saturated rings. The van der Waals surface area contributed by atoms with Crippen molar-refractivity contribution in [3.63, 3.8) is 0 Å². The van der Waals surface area contributed by atoms with Crippen LogP contribution >= 0.6 is 0 Å². The highest BCUT2D eigenvalue weighted by Crippen LogP contribution is 2.51. The van der Waals surface area contributed by atoms with Gasteiger partial charge in [-0.3, -0.25) is 0 Å². The van der Waals surface area contributed by atoms with Gasteiger partial charge in [0.05, 0.1) is 22.4 Å². The molecule has 0 unspecified atom stereocenters. The first-order valence-electron chi connectivity index (χ1n) is 10.5. The van der Waals surface area contributed by atoms with Crippen LogP contribution in [0.4, 0.5) is 0 Å². The lowest BCUT2D eigenvalue weighted by atomic mass is 9.82. The summed E-state index contributed by atoms with van der Waals surface area (Å²) in [6.07, 6.45) is 0. The molecule has 0 amide bonds. The maximum absolute atomic E-state index is 5.21. The zero-order chi connectivity index (χ0) is 20.5. The molecule has 1 heterocycles. The van der Waals surface area contributed by atoms with Crippen LogP contribution < -0.4 is 0 Å². The third-order valence-corrected chi connectivity index (χ3v) is 6.60. The van der Waals surface area contributed by atoms with Gasteiger partial charge >= 0.3 is 0 Å². The summed E-state index contributed by atoms with van der Waals surface area (Å²) in [6, 6.07) is 28.0. The monoisotopic (exact) mass is 386 g/mol. The summed E-state index contributed by atoms with van der Waals surface area (Å²) in [5, 5.41) is 2.34. The van der Waals surface area contributed by atoms with E-state index in [2.05, 4.69) is 99.6 Å². The maximum Gasteiger partial charge on any atom is 0.0972 e. The quantitative estimate of drug-likeness (QED) is 0.288. The predicted octanol–water partition coefficient (Wildman–Crippen LogP) is 7.06. The highest BCUT2D eigenvalue weighted by atomic mass is 14.8. The third-order valence-electron chi connectivity index (χ3n) is 6.60. The average molecular weight is 386 g/mol. The Balaban J connectivity index is 1.71. The van der Waals surface area contributed by atoms with E-state index in [0.717, 1.165) is 27.8 Å². The van der Waals surface area contributed by atoms with Crippen LogP contribution in [-0.4, -0.2) is 9.97 Å². The maximum atomic E-state index is 5.21. The molecule has 2 nitrogen and oxygen atoms in total. The molecule has 0 atom stereocenters. The van der Waals surface area contributed by atoms with Crippen molar-refractivity contribution in [3.8, 4) is 22.4 Å². The SMILES string of the molecule is Cc1nc2ccc3ccccc3c2nc1-c1cccc2c1-c1ccccc1C2(C)C. The van der Waals surface area contributed by atoms with E-state index < -0.39 is 0 Å². The molecule has 1 aromatic heterocycles. The van der Waals surface area contributed by atoms with Crippen molar-refractivity contribution in [1.29, 1.82) is 0 Å². The minimum absolute atomic E-state index is 0.0210. The second-order valence-corrected chi connectivity index (χ2v) is 8.71. The Labute approximate surface area is 176 Å². The fourth-order valence-corrected chi connectivity index (χ4v) is 5.08. The van der Waals surface area contributed by atoms with E-state index in [4.69, 9.17) is 9.97 Å². The summed E-state index contributed by atoms with van der Waals surface area (Å²) in [4.78, 5) is 10.2. The Bertz CT molecular complexity index is 1480. The zero-order valence-electron chi connectivity index (χ0n) is 17.4. The molecule has 1 aliphatic carbocycles. The molecule has 0 saturated carbocycles. The largest absolute Gasteiger partial charge is 0.249 e. The van der Waals surface area contributed by atoms with Gasteiger partial charge in [0.2, 0.25) is 0 Å². The molecule has 4 aromatic carbocycles. The number of rotatable bonds is 1. The summed E-state index contributed by atoms with van der Waals surface area (Å²) in [7, 11) is 0. The second-order valence-electron chi connectivity index (χ2n) is 8.71. The van der Waals surface area contributed by atoms with Gasteiger partial charge < -0.3 is 0 Å². The Hall–Kier alpha value is -3.52. The van der Waals surface area contributed by atoms with Gasteiger partial charge in [-0.15, -0.1) is 0 Å². The summed E-state index contributed by atoms with van der Waals surface area (Å²) in [5.74, 6) is 0. The van der Waals surface area contributed by atoms with E-state index >= 15 is 0 Å². The van der Waals surface area contributed by atoms with Crippen molar-refractivity contribution in [2.24, 2.45) is 0 Å². The number of hydrogen-bond donors (Lipinski definition) is 0. The number of aromatic nitrogens is 2. The van der Waals surface area contributed by atoms with Gasteiger partial charge in [0, 0.05) is 16.4 Å². The Kier molecular flexibility index (Phi) is 3.47. The van der Waals surface area contributed by atoms with E-state index in [1.54, 1.807) is 0 Å². The first kappa shape index (κ1) is 17.3. The minimum atomic E-state index is -0.0210. The van der Waals surface area contributed by atoms with Crippen LogP contribution in [0, 0.1) is 6.92 Å². The fraction of sp³-hybridized carbons (Fsp3) is 0.143. The lowest BCUT2D eigenvalue weighted by Crippen LogP contribution is -2.14. The van der Waals surface area contributed by atoms with Gasteiger partial charge in [-0.2, -0.15) is 0 Å². The Morgan fingerprint density at radius 3 is 2.30 bits per heavy atom. The summed E-state index contributed by atoms with van der Waals surface area (Å²) < 4.78 is 0. The number of hydrogen-bond acceptors (Lipinski definition) is 2. The topological polar surface area (TPSA) is 25.8 Å². The molecule has 0 N–H and O–H groups in total. The molecule has 6 rings (SSSR count). The number of fused-ring (bicyclic) bond motifs is 6. The van der Waals surface area contributed by atoms with Crippen LogP contribution in [-0.2, 0) is 5.41 Å². The van der Waals surface area contributed by atoms with Gasteiger partial charge in [-0.1, -0.05) is 86.6 Å². The molecule has 2 heteroatoms. The lowest BCUT2D eigenvalue weighted by molar-refractivity contribution is 0.660. The van der Waals surface area contributed by atoms with Crippen molar-refractivity contribution < 1.29 is 0 Å². The number of benzene rings is 4. The number of aryl methyl sites for hydroxylation is 1. The second kappa shape index (κ2) is 5.99. The third kappa shape index (κ3) is 2.25. The molecule has 0 saturated heterocycles. The van der Waals surface area contributed by atoms with Gasteiger partial charge in [0.1, 0.15) is 0 Å². The van der Waals surface area contributed by atoms with E-state index in [-0.39, 0.29) is 5.41 Å². The molecule has 30 heavy (non-hydrogen) atoms. The van der Waals surface area contributed by atoms with Crippen molar-refractivity contribution >= 4 is 21.8 Å². The molecule has 1 aliphatic rings. The van der Waals surface area contributed by atoms with E-state index in [0.29, 0.717) is 0 Å². The predicted molar refractivity (Wildman–Crippen MR) is 125 cm³/mol. The molecule has 0 radical (unpaired) electrons. The Morgan fingerprint density at radius 1 is 0.667 bits per heavy atom. The van der Waals surface area contributed by atoms with Gasteiger partial charge in [0.25, 0.3) is 0 Å². The van der Waals surface area contributed by atoms with Crippen molar-refractivity contribution in [2.45, 2.75) is 26.2 Å². The lowest BCUT2D eigenvalue weighted by Gasteiger charge is -2.21. The van der Waals surface area contributed by atoms with Crippen LogP contribution in [0.2, 0.25) is 0 Å². The number of nitrogens with zero attached hydrogens (tertiary/aromatic N) is 2. The molecule has 5 aromatic rings. The highest BCUT2D eigenvalue weighted by molar-refractivity contribution is 6.05. The first-order chi connectivity index (χ1) is 14.6. The highest BCUT2D eigenvalue weighted by Gasteiger charge is 2.36. The Morgan fingerprint density at radius 2 is 1.40 bits per heavy atom. The molecular formula is C28H22N2. The van der Waals surface area contributed by atoms with Crippen LogP contribution in [0.3, 0.4) is 0 Å². The van der Waals surface area contributed by atoms with E-state index in [9.17, 15) is 0 Å². The minimum Gasteiger partial charge on any atom is -0.249 e. The molecule has 0 spiro atoms. The zero-order valence-corrected chi connectivity index (χ0v) is 17.4. The summed E-state index contributed by atoms with van der Waals surface area (Å²) in [6.45, 7) is 6.70. The van der Waals surface area contributed by atoms with E-state index in [1.807, 2.05) is 0 Å². The van der Waals surface area contributed by atoms with Crippen LogP contribution in [0.1, 0.15) is 30.7 Å². The van der Waals surface area contributed by atoms with Crippen molar-refractivity contribution in [3.05, 3.63) is 95.7 Å². The van der Waals surface area contributed by atoms with Crippen LogP contribution in [0.15, 0.2) is 78.9 Å². The van der Waals surface area contributed by atoms with Gasteiger partial charge in [-0.25, -0.2) is 9.97 Å². The molecule has 0 aliphatic heterocycles. The fourth-order valence-electron chi connectivity index (χ4n) is 5.08. The molecule has 0 bridgehead atoms. The van der Waals surface area contributed by atoms with Crippen molar-refractivity contribution in [2.75, 3.05) is 0 Å².